The summed E-state index contributed by atoms with van der Waals surface area (Å²) in [5.41, 5.74) is 4.80. The van der Waals surface area contributed by atoms with Gasteiger partial charge in [0.15, 0.2) is 0 Å². The second-order valence-electron chi connectivity index (χ2n) is 9.34. The molecule has 37 heavy (non-hydrogen) atoms. The summed E-state index contributed by atoms with van der Waals surface area (Å²) in [6.45, 7) is 14.3. The van der Waals surface area contributed by atoms with Gasteiger partial charge in [-0.25, -0.2) is 0 Å². The molecule has 0 bridgehead atoms. The summed E-state index contributed by atoms with van der Waals surface area (Å²) in [6.07, 6.45) is 7.58. The smallest absolute Gasteiger partial charge is 0.319 e. The van der Waals surface area contributed by atoms with E-state index < -0.39 is 0 Å². The highest BCUT2D eigenvalue weighted by molar-refractivity contribution is 5.86. The van der Waals surface area contributed by atoms with E-state index >= 15 is 0 Å². The van der Waals surface area contributed by atoms with Crippen molar-refractivity contribution in [2.75, 3.05) is 49.7 Å². The average Bonchev–Trinajstić information content (AvgIpc) is 2.92. The first-order valence-corrected chi connectivity index (χ1v) is 13.9. The van der Waals surface area contributed by atoms with Crippen LogP contribution in [-0.4, -0.2) is 60.4 Å². The van der Waals surface area contributed by atoms with E-state index in [1.54, 1.807) is 6.21 Å². The van der Waals surface area contributed by atoms with Crippen molar-refractivity contribution in [3.8, 4) is 6.01 Å². The van der Waals surface area contributed by atoms with E-state index in [1.807, 2.05) is 24.3 Å². The topological polar surface area (TPSA) is 65.9 Å². The molecule has 2 aromatic carbocycles. The van der Waals surface area contributed by atoms with Crippen LogP contribution in [0.5, 0.6) is 6.01 Å². The predicted octanol–water partition coefficient (Wildman–Crippen LogP) is 6.59. The van der Waals surface area contributed by atoms with E-state index in [4.69, 9.17) is 9.72 Å². The first-order valence-electron chi connectivity index (χ1n) is 13.9. The third kappa shape index (κ3) is 9.32. The lowest BCUT2D eigenvalue weighted by Gasteiger charge is -2.23. The first kappa shape index (κ1) is 28.4. The molecule has 0 aliphatic heterocycles. The number of fused-ring (bicyclic) bond motifs is 1. The van der Waals surface area contributed by atoms with E-state index in [1.165, 1.54) is 30.0 Å². The van der Waals surface area contributed by atoms with Gasteiger partial charge in [0.25, 0.3) is 0 Å². The molecule has 200 valence electrons. The Bertz CT molecular complexity index is 1100. The molecule has 0 saturated heterocycles. The van der Waals surface area contributed by atoms with Crippen LogP contribution in [0.25, 0.3) is 10.8 Å². The molecule has 3 aromatic rings. The van der Waals surface area contributed by atoms with Gasteiger partial charge in [0, 0.05) is 25.7 Å². The Morgan fingerprint density at radius 1 is 0.838 bits per heavy atom. The normalized spacial score (nSPS) is 11.5. The Labute approximate surface area is 222 Å². The van der Waals surface area contributed by atoms with Gasteiger partial charge in [-0.2, -0.15) is 15.1 Å². The van der Waals surface area contributed by atoms with Crippen molar-refractivity contribution in [1.29, 1.82) is 0 Å². The Morgan fingerprint density at radius 3 is 2.35 bits per heavy atom. The third-order valence-corrected chi connectivity index (χ3v) is 6.33. The molecule has 7 nitrogen and oxygen atoms in total. The molecular formula is C30H44N6O. The van der Waals surface area contributed by atoms with Crippen molar-refractivity contribution in [2.45, 2.75) is 59.8 Å². The van der Waals surface area contributed by atoms with Crippen molar-refractivity contribution in [2.24, 2.45) is 5.10 Å². The van der Waals surface area contributed by atoms with E-state index in [-0.39, 0.29) is 0 Å². The van der Waals surface area contributed by atoms with Crippen LogP contribution in [0.15, 0.2) is 53.6 Å². The van der Waals surface area contributed by atoms with E-state index in [0.717, 1.165) is 62.8 Å². The number of nitrogens with zero attached hydrogens (tertiary/aromatic N) is 5. The van der Waals surface area contributed by atoms with Crippen molar-refractivity contribution in [3.05, 3.63) is 54.2 Å². The molecule has 0 atom stereocenters. The molecule has 0 aliphatic rings. The number of rotatable bonds is 17. The predicted molar refractivity (Wildman–Crippen MR) is 157 cm³/mol. The number of hydrogen-bond donors (Lipinski definition) is 1. The summed E-state index contributed by atoms with van der Waals surface area (Å²) in [4.78, 5) is 14.1. The zero-order chi connectivity index (χ0) is 26.3. The van der Waals surface area contributed by atoms with Crippen molar-refractivity contribution >= 4 is 28.5 Å². The number of ether oxygens (including phenoxy) is 1. The summed E-state index contributed by atoms with van der Waals surface area (Å²) in [5, 5.41) is 6.85. The SMILES string of the molecule is CCCCCN(CC)CCOc1nc(/C=N/Nc2ccc3ccccc3c2)cc(N(CCC)CCC)n1. The zero-order valence-corrected chi connectivity index (χ0v) is 23.1. The highest BCUT2D eigenvalue weighted by Crippen LogP contribution is 2.20. The van der Waals surface area contributed by atoms with E-state index in [0.29, 0.717) is 12.6 Å². The minimum Gasteiger partial charge on any atom is -0.462 e. The van der Waals surface area contributed by atoms with Crippen molar-refractivity contribution < 1.29 is 4.74 Å². The molecule has 7 heteroatoms. The molecule has 0 amide bonds. The standard InChI is InChI=1S/C30H44N6O/c1-5-9-12-19-35(8-4)20-21-37-30-32-28(23-29(33-30)36(17-6-2)18-7-3)24-31-34-27-16-15-25-13-10-11-14-26(25)22-27/h10-11,13-16,22-24,34H,5-9,12,17-21H2,1-4H3/b31-24+. The lowest BCUT2D eigenvalue weighted by atomic mass is 10.1. The minimum atomic E-state index is 0.409. The molecule has 3 rings (SSSR count). The minimum absolute atomic E-state index is 0.409. The zero-order valence-electron chi connectivity index (χ0n) is 23.1. The quantitative estimate of drug-likeness (QED) is 0.127. The fourth-order valence-electron chi connectivity index (χ4n) is 4.31. The van der Waals surface area contributed by atoms with Gasteiger partial charge >= 0.3 is 6.01 Å². The molecule has 0 spiro atoms. The maximum absolute atomic E-state index is 6.07. The fourth-order valence-corrected chi connectivity index (χ4v) is 4.31. The molecule has 1 heterocycles. The van der Waals surface area contributed by atoms with Crippen LogP contribution in [0.4, 0.5) is 11.5 Å². The number of benzene rings is 2. The summed E-state index contributed by atoms with van der Waals surface area (Å²) < 4.78 is 6.07. The molecule has 1 N–H and O–H groups in total. The average molecular weight is 505 g/mol. The van der Waals surface area contributed by atoms with E-state index in [9.17, 15) is 0 Å². The highest BCUT2D eigenvalue weighted by atomic mass is 16.5. The van der Waals surface area contributed by atoms with Gasteiger partial charge in [0.05, 0.1) is 17.6 Å². The van der Waals surface area contributed by atoms with Gasteiger partial charge in [0.2, 0.25) is 0 Å². The summed E-state index contributed by atoms with van der Waals surface area (Å²) in [5.74, 6) is 0.885. The number of unbranched alkanes of at least 4 members (excludes halogenated alkanes) is 2. The Morgan fingerprint density at radius 2 is 1.62 bits per heavy atom. The highest BCUT2D eigenvalue weighted by Gasteiger charge is 2.12. The van der Waals surface area contributed by atoms with Crippen LogP contribution in [0.3, 0.4) is 0 Å². The van der Waals surface area contributed by atoms with Crippen LogP contribution < -0.4 is 15.1 Å². The first-order chi connectivity index (χ1) is 18.2. The number of hydrazone groups is 1. The molecule has 0 aliphatic carbocycles. The summed E-state index contributed by atoms with van der Waals surface area (Å²) in [6, 6.07) is 16.9. The summed E-state index contributed by atoms with van der Waals surface area (Å²) >= 11 is 0. The monoisotopic (exact) mass is 504 g/mol. The number of nitrogens with one attached hydrogen (secondary N) is 1. The third-order valence-electron chi connectivity index (χ3n) is 6.33. The van der Waals surface area contributed by atoms with Crippen molar-refractivity contribution in [1.82, 2.24) is 14.9 Å². The maximum Gasteiger partial charge on any atom is 0.319 e. The Kier molecular flexibility index (Phi) is 12.1. The molecule has 1 aromatic heterocycles. The molecular weight excluding hydrogens is 460 g/mol. The lowest BCUT2D eigenvalue weighted by molar-refractivity contribution is 0.204. The van der Waals surface area contributed by atoms with Gasteiger partial charge in [-0.05, 0) is 55.3 Å². The molecule has 0 unspecified atom stereocenters. The summed E-state index contributed by atoms with van der Waals surface area (Å²) in [7, 11) is 0. The Balaban J connectivity index is 1.72. The van der Waals surface area contributed by atoms with Crippen LogP contribution in [0.2, 0.25) is 0 Å². The number of anilines is 2. The van der Waals surface area contributed by atoms with Gasteiger partial charge in [0.1, 0.15) is 12.4 Å². The van der Waals surface area contributed by atoms with Crippen LogP contribution in [0.1, 0.15) is 65.5 Å². The van der Waals surface area contributed by atoms with Crippen LogP contribution in [-0.2, 0) is 0 Å². The number of likely N-dealkylation sites (N-methyl/N-ethyl adjacent to an activating group) is 1. The number of aromatic nitrogens is 2. The lowest BCUT2D eigenvalue weighted by Crippen LogP contribution is -2.30. The van der Waals surface area contributed by atoms with Gasteiger partial charge < -0.3 is 14.5 Å². The maximum atomic E-state index is 6.07. The molecule has 0 radical (unpaired) electrons. The molecule has 0 fully saturated rings. The fraction of sp³-hybridized carbons (Fsp3) is 0.500. The molecule has 0 saturated carbocycles. The van der Waals surface area contributed by atoms with Gasteiger partial charge in [-0.1, -0.05) is 70.9 Å². The Hall–Kier alpha value is -3.19. The van der Waals surface area contributed by atoms with Crippen molar-refractivity contribution in [3.63, 3.8) is 0 Å². The van der Waals surface area contributed by atoms with Gasteiger partial charge in [-0.15, -0.1) is 0 Å². The second kappa shape index (κ2) is 15.8. The van der Waals surface area contributed by atoms with Gasteiger partial charge in [-0.3, -0.25) is 5.43 Å². The number of hydrogen-bond acceptors (Lipinski definition) is 7. The largest absolute Gasteiger partial charge is 0.462 e. The van der Waals surface area contributed by atoms with Crippen LogP contribution >= 0.6 is 0 Å². The second-order valence-corrected chi connectivity index (χ2v) is 9.34. The van der Waals surface area contributed by atoms with E-state index in [2.05, 4.69) is 77.3 Å². The van der Waals surface area contributed by atoms with Crippen LogP contribution in [0, 0.1) is 0 Å².